The first kappa shape index (κ1) is 12.5. The first-order valence-corrected chi connectivity index (χ1v) is 7.93. The van der Waals surface area contributed by atoms with Gasteiger partial charge in [-0.15, -0.1) is 11.8 Å². The van der Waals surface area contributed by atoms with Crippen molar-refractivity contribution in [1.29, 1.82) is 0 Å². The van der Waals surface area contributed by atoms with E-state index < -0.39 is 0 Å². The van der Waals surface area contributed by atoms with Crippen LogP contribution in [0.15, 0.2) is 47.6 Å². The number of hydrogen-bond donors (Lipinski definition) is 1. The van der Waals surface area contributed by atoms with Crippen molar-refractivity contribution in [1.82, 2.24) is 19.7 Å². The topological polar surface area (TPSA) is 46.5 Å². The summed E-state index contributed by atoms with van der Waals surface area (Å²) in [5.41, 5.74) is 4.19. The molecule has 0 amide bonds. The van der Waals surface area contributed by atoms with E-state index in [4.69, 9.17) is 0 Å². The molecule has 4 nitrogen and oxygen atoms in total. The third kappa shape index (κ3) is 1.85. The molecule has 104 valence electrons. The summed E-state index contributed by atoms with van der Waals surface area (Å²) in [6.07, 6.45) is 5.79. The van der Waals surface area contributed by atoms with Gasteiger partial charge >= 0.3 is 0 Å². The molecule has 0 fully saturated rings. The summed E-state index contributed by atoms with van der Waals surface area (Å²) in [4.78, 5) is 9.99. The van der Waals surface area contributed by atoms with Gasteiger partial charge in [-0.1, -0.05) is 12.1 Å². The Morgan fingerprint density at radius 1 is 1.05 bits per heavy atom. The highest BCUT2D eigenvalue weighted by Crippen LogP contribution is 2.31. The van der Waals surface area contributed by atoms with Crippen molar-refractivity contribution >= 4 is 33.7 Å². The number of rotatable bonds is 2. The van der Waals surface area contributed by atoms with Crippen LogP contribution in [0.1, 0.15) is 0 Å². The molecule has 0 atom stereocenters. The lowest BCUT2D eigenvalue weighted by Crippen LogP contribution is -1.90. The Bertz CT molecular complexity index is 934. The minimum absolute atomic E-state index is 0.793. The zero-order chi connectivity index (χ0) is 14.4. The average molecular weight is 294 g/mol. The van der Waals surface area contributed by atoms with Crippen molar-refractivity contribution in [3.8, 4) is 11.3 Å². The molecule has 0 radical (unpaired) electrons. The monoisotopic (exact) mass is 294 g/mol. The maximum atomic E-state index is 4.45. The van der Waals surface area contributed by atoms with Crippen LogP contribution in [0.5, 0.6) is 0 Å². The number of H-pyrrole nitrogens is 1. The van der Waals surface area contributed by atoms with Crippen molar-refractivity contribution in [2.75, 3.05) is 6.26 Å². The number of benzene rings is 1. The maximum absolute atomic E-state index is 4.45. The SMILES string of the molecule is CSc1ccc(-c2[nH]n(C)c3c2cnc2nccc23)cc1. The normalized spacial score (nSPS) is 11.5. The van der Waals surface area contributed by atoms with Crippen LogP contribution in [0.2, 0.25) is 0 Å². The average Bonchev–Trinajstić information content (AvgIpc) is 3.11. The van der Waals surface area contributed by atoms with Gasteiger partial charge in [-0.25, -0.2) is 9.97 Å². The quantitative estimate of drug-likeness (QED) is 0.571. The van der Waals surface area contributed by atoms with E-state index in [2.05, 4.69) is 45.6 Å². The second-order valence-corrected chi connectivity index (χ2v) is 5.86. The number of hydrogen-bond acceptors (Lipinski definition) is 3. The summed E-state index contributed by atoms with van der Waals surface area (Å²) >= 11 is 1.75. The van der Waals surface area contributed by atoms with Gasteiger partial charge in [-0.2, -0.15) is 0 Å². The largest absolute Gasteiger partial charge is 0.297 e. The van der Waals surface area contributed by atoms with E-state index in [0.29, 0.717) is 0 Å². The Labute approximate surface area is 126 Å². The Hall–Kier alpha value is -2.27. The van der Waals surface area contributed by atoms with Gasteiger partial charge in [0, 0.05) is 40.7 Å². The van der Waals surface area contributed by atoms with E-state index >= 15 is 0 Å². The van der Waals surface area contributed by atoms with Gasteiger partial charge in [-0.3, -0.25) is 9.78 Å². The van der Waals surface area contributed by atoms with Crippen LogP contribution in [0.25, 0.3) is 33.2 Å². The highest BCUT2D eigenvalue weighted by Gasteiger charge is 2.13. The van der Waals surface area contributed by atoms with Crippen LogP contribution in [0, 0.1) is 0 Å². The molecule has 0 unspecified atom stereocenters. The number of aryl methyl sites for hydroxylation is 1. The van der Waals surface area contributed by atoms with Crippen LogP contribution in [-0.4, -0.2) is 26.0 Å². The summed E-state index contributed by atoms with van der Waals surface area (Å²) in [7, 11) is 2.02. The Balaban J connectivity index is 2.00. The summed E-state index contributed by atoms with van der Waals surface area (Å²) in [5, 5.41) is 5.63. The second-order valence-electron chi connectivity index (χ2n) is 4.98. The van der Waals surface area contributed by atoms with Gasteiger partial charge in [0.2, 0.25) is 0 Å². The van der Waals surface area contributed by atoms with E-state index in [-0.39, 0.29) is 0 Å². The number of nitrogens with one attached hydrogen (secondary N) is 1. The second kappa shape index (κ2) is 4.63. The molecule has 3 heterocycles. The van der Waals surface area contributed by atoms with E-state index in [1.165, 1.54) is 10.5 Å². The highest BCUT2D eigenvalue weighted by atomic mass is 32.2. The molecule has 0 aliphatic rings. The number of fused-ring (bicyclic) bond motifs is 3. The van der Waals surface area contributed by atoms with Crippen LogP contribution in [0.3, 0.4) is 0 Å². The molecule has 0 aliphatic carbocycles. The fourth-order valence-electron chi connectivity index (χ4n) is 2.75. The molecular formula is C16H14N4S. The van der Waals surface area contributed by atoms with Crippen LogP contribution >= 0.6 is 11.8 Å². The maximum Gasteiger partial charge on any atom is 0.161 e. The van der Waals surface area contributed by atoms with E-state index in [9.17, 15) is 0 Å². The molecule has 5 heteroatoms. The van der Waals surface area contributed by atoms with E-state index in [0.717, 1.165) is 27.6 Å². The lowest BCUT2D eigenvalue weighted by atomic mass is 10.1. The van der Waals surface area contributed by atoms with Crippen molar-refractivity contribution < 1.29 is 0 Å². The molecule has 1 aromatic carbocycles. The smallest absolute Gasteiger partial charge is 0.161 e. The van der Waals surface area contributed by atoms with Crippen molar-refractivity contribution in [2.24, 2.45) is 7.05 Å². The zero-order valence-corrected chi connectivity index (χ0v) is 12.6. The summed E-state index contributed by atoms with van der Waals surface area (Å²) < 4.78 is 2.04. The summed E-state index contributed by atoms with van der Waals surface area (Å²) in [6.45, 7) is 0. The van der Waals surface area contributed by atoms with Gasteiger partial charge in [-0.05, 0) is 24.5 Å². The summed E-state index contributed by atoms with van der Waals surface area (Å²) in [6, 6.07) is 10.6. The molecule has 1 N–H and O–H groups in total. The molecular weight excluding hydrogens is 280 g/mol. The number of thioether (sulfide) groups is 1. The van der Waals surface area contributed by atoms with Gasteiger partial charge in [0.25, 0.3) is 0 Å². The predicted octanol–water partition coefficient (Wildman–Crippen LogP) is 3.84. The van der Waals surface area contributed by atoms with Crippen LogP contribution in [-0.2, 0) is 7.05 Å². The van der Waals surface area contributed by atoms with Crippen molar-refractivity contribution in [2.45, 2.75) is 4.90 Å². The third-order valence-corrected chi connectivity index (χ3v) is 4.51. The summed E-state index contributed by atoms with van der Waals surface area (Å²) in [5.74, 6) is 0. The standard InChI is InChI=1S/C16H14N4S/c1-20-15-12-7-8-17-16(12)18-9-13(15)14(19-20)10-3-5-11(21-2)6-4-10/h3-9,19H,1-2H3. The van der Waals surface area contributed by atoms with E-state index in [1.54, 1.807) is 18.0 Å². The third-order valence-electron chi connectivity index (χ3n) is 3.77. The number of aromatic nitrogens is 4. The molecule has 3 aromatic heterocycles. The molecule has 0 aliphatic heterocycles. The molecule has 4 rings (SSSR count). The fraction of sp³-hybridized carbons (Fsp3) is 0.125. The molecule has 0 saturated heterocycles. The van der Waals surface area contributed by atoms with E-state index in [1.807, 2.05) is 24.0 Å². The Morgan fingerprint density at radius 2 is 1.86 bits per heavy atom. The van der Waals surface area contributed by atoms with Crippen molar-refractivity contribution in [3.63, 3.8) is 0 Å². The molecule has 4 aromatic rings. The number of nitrogens with zero attached hydrogens (tertiary/aromatic N) is 3. The minimum atomic E-state index is 0.793. The lowest BCUT2D eigenvalue weighted by Gasteiger charge is -2.01. The van der Waals surface area contributed by atoms with Gasteiger partial charge in [0.15, 0.2) is 5.65 Å². The fourth-order valence-corrected chi connectivity index (χ4v) is 3.16. The molecule has 21 heavy (non-hydrogen) atoms. The predicted molar refractivity (Wildman–Crippen MR) is 87.6 cm³/mol. The minimum Gasteiger partial charge on any atom is -0.297 e. The lowest BCUT2D eigenvalue weighted by molar-refractivity contribution is 0.803. The zero-order valence-electron chi connectivity index (χ0n) is 11.8. The highest BCUT2D eigenvalue weighted by molar-refractivity contribution is 7.98. The van der Waals surface area contributed by atoms with Gasteiger partial charge < -0.3 is 0 Å². The van der Waals surface area contributed by atoms with Crippen LogP contribution < -0.4 is 0 Å². The number of pyridine rings is 1. The Kier molecular flexibility index (Phi) is 2.75. The Morgan fingerprint density at radius 3 is 2.62 bits per heavy atom. The van der Waals surface area contributed by atoms with Gasteiger partial charge in [0.05, 0.1) is 11.2 Å². The first-order chi connectivity index (χ1) is 10.3. The van der Waals surface area contributed by atoms with Crippen molar-refractivity contribution in [3.05, 3.63) is 42.7 Å². The van der Waals surface area contributed by atoms with Crippen LogP contribution in [0.4, 0.5) is 0 Å². The number of aromatic amines is 1. The van der Waals surface area contributed by atoms with Gasteiger partial charge in [0.1, 0.15) is 0 Å². The molecule has 0 saturated carbocycles. The molecule has 0 bridgehead atoms. The first-order valence-electron chi connectivity index (χ1n) is 6.70. The molecule has 0 spiro atoms.